The summed E-state index contributed by atoms with van der Waals surface area (Å²) in [5.41, 5.74) is -0.0593. The van der Waals surface area contributed by atoms with Gasteiger partial charge in [0.1, 0.15) is 0 Å². The van der Waals surface area contributed by atoms with E-state index in [1.165, 1.54) is 0 Å². The van der Waals surface area contributed by atoms with Crippen LogP contribution in [-0.2, 0) is 32.5 Å². The Morgan fingerprint density at radius 3 is 2.29 bits per heavy atom. The highest BCUT2D eigenvalue weighted by Crippen LogP contribution is 2.49. The Bertz CT molecular complexity index is 567. The van der Waals surface area contributed by atoms with Crippen molar-refractivity contribution in [2.75, 3.05) is 19.8 Å². The molecule has 0 aromatic carbocycles. The Labute approximate surface area is 141 Å². The van der Waals surface area contributed by atoms with Gasteiger partial charge in [-0.1, -0.05) is 6.42 Å². The van der Waals surface area contributed by atoms with Crippen LogP contribution in [0.3, 0.4) is 0 Å². The minimum atomic E-state index is -3.49. The summed E-state index contributed by atoms with van der Waals surface area (Å²) in [6.45, 7) is 4.03. The molecule has 0 aromatic rings. The van der Waals surface area contributed by atoms with Gasteiger partial charge in [-0.25, -0.2) is 4.57 Å². The maximum absolute atomic E-state index is 12.0. The van der Waals surface area contributed by atoms with Crippen molar-refractivity contribution in [3.8, 4) is 0 Å². The first kappa shape index (κ1) is 20.6. The summed E-state index contributed by atoms with van der Waals surface area (Å²) in [5.74, 6) is -1.13. The molecule has 0 saturated carbocycles. The maximum Gasteiger partial charge on any atom is 0.474 e. The van der Waals surface area contributed by atoms with E-state index >= 15 is 0 Å². The van der Waals surface area contributed by atoms with Crippen LogP contribution in [-0.4, -0.2) is 37.2 Å². The van der Waals surface area contributed by atoms with E-state index in [0.29, 0.717) is 19.3 Å². The number of carbonyl (C=O) groups is 3. The molecule has 0 bridgehead atoms. The number of hydrogen-bond acceptors (Lipinski definition) is 7. The number of unbranched alkanes of at least 4 members (excludes halogenated alkanes) is 2. The summed E-state index contributed by atoms with van der Waals surface area (Å²) in [6, 6.07) is 0. The molecule has 7 nitrogen and oxygen atoms in total. The molecule has 0 radical (unpaired) electrons. The van der Waals surface area contributed by atoms with Crippen LogP contribution in [0.15, 0.2) is 23.8 Å². The number of ketones is 3. The van der Waals surface area contributed by atoms with Gasteiger partial charge in [-0.2, -0.15) is 0 Å². The van der Waals surface area contributed by atoms with Gasteiger partial charge in [-0.15, -0.1) is 0 Å². The second kappa shape index (κ2) is 10.5. The predicted octanol–water partition coefficient (Wildman–Crippen LogP) is 2.95. The van der Waals surface area contributed by atoms with Crippen LogP contribution in [0.1, 0.15) is 39.5 Å². The van der Waals surface area contributed by atoms with Crippen LogP contribution < -0.4 is 0 Å². The molecule has 0 saturated heterocycles. The molecular formula is C16H23O7P. The molecule has 0 unspecified atom stereocenters. The summed E-state index contributed by atoms with van der Waals surface area (Å²) >= 11 is 0. The van der Waals surface area contributed by atoms with E-state index in [2.05, 4.69) is 0 Å². The molecule has 0 spiro atoms. The Morgan fingerprint density at radius 2 is 1.67 bits per heavy atom. The zero-order valence-corrected chi connectivity index (χ0v) is 14.9. The number of carbonyl (C=O) groups excluding carboxylic acids is 3. The van der Waals surface area contributed by atoms with Crippen molar-refractivity contribution in [1.29, 1.82) is 0 Å². The third kappa shape index (κ3) is 7.01. The molecule has 1 aliphatic carbocycles. The quantitative estimate of drug-likeness (QED) is 0.229. The molecule has 0 amide bonds. The fraction of sp³-hybridized carbons (Fsp3) is 0.562. The molecule has 0 aliphatic heterocycles. The van der Waals surface area contributed by atoms with Crippen molar-refractivity contribution >= 4 is 25.2 Å². The lowest BCUT2D eigenvalue weighted by atomic mass is 9.96. The van der Waals surface area contributed by atoms with Gasteiger partial charge in [-0.3, -0.25) is 28.0 Å². The lowest BCUT2D eigenvalue weighted by Gasteiger charge is -2.16. The summed E-state index contributed by atoms with van der Waals surface area (Å²) in [5, 5.41) is 0. The van der Waals surface area contributed by atoms with Crippen molar-refractivity contribution in [2.45, 2.75) is 39.5 Å². The van der Waals surface area contributed by atoms with Gasteiger partial charge < -0.3 is 0 Å². The van der Waals surface area contributed by atoms with Crippen LogP contribution in [0.25, 0.3) is 0 Å². The highest BCUT2D eigenvalue weighted by atomic mass is 31.2. The van der Waals surface area contributed by atoms with Crippen molar-refractivity contribution in [2.24, 2.45) is 0 Å². The highest BCUT2D eigenvalue weighted by Gasteiger charge is 2.25. The number of phosphoric ester groups is 1. The number of Topliss-reactive ketones (excluding diaryl/α,β-unsaturated/α-hetero) is 1. The first-order valence-corrected chi connectivity index (χ1v) is 9.43. The van der Waals surface area contributed by atoms with E-state index in [4.69, 9.17) is 13.6 Å². The molecule has 0 heterocycles. The zero-order valence-electron chi connectivity index (χ0n) is 14.0. The topological polar surface area (TPSA) is 96.0 Å². The Morgan fingerprint density at radius 1 is 1.00 bits per heavy atom. The molecular weight excluding hydrogens is 335 g/mol. The van der Waals surface area contributed by atoms with Crippen LogP contribution in [0.4, 0.5) is 0 Å². The lowest BCUT2D eigenvalue weighted by molar-refractivity contribution is -0.121. The summed E-state index contributed by atoms with van der Waals surface area (Å²) in [6.07, 6.45) is 5.27. The molecule has 8 heteroatoms. The number of rotatable bonds is 12. The van der Waals surface area contributed by atoms with Gasteiger partial charge in [0.25, 0.3) is 0 Å². The average Bonchev–Trinajstić information content (AvgIpc) is 2.53. The average molecular weight is 358 g/mol. The lowest BCUT2D eigenvalue weighted by Crippen LogP contribution is -2.16. The predicted molar refractivity (Wildman–Crippen MR) is 87.5 cm³/mol. The molecule has 0 atom stereocenters. The Kier molecular flexibility index (Phi) is 9.00. The van der Waals surface area contributed by atoms with E-state index < -0.39 is 13.6 Å². The fourth-order valence-electron chi connectivity index (χ4n) is 2.03. The van der Waals surface area contributed by atoms with E-state index in [1.54, 1.807) is 13.8 Å². The first-order valence-electron chi connectivity index (χ1n) is 7.96. The van der Waals surface area contributed by atoms with Gasteiger partial charge in [0.15, 0.2) is 17.3 Å². The van der Waals surface area contributed by atoms with E-state index in [0.717, 1.165) is 18.2 Å². The van der Waals surface area contributed by atoms with Gasteiger partial charge in [-0.05, 0) is 38.8 Å². The highest BCUT2D eigenvalue weighted by molar-refractivity contribution is 7.48. The van der Waals surface area contributed by atoms with Gasteiger partial charge in [0.2, 0.25) is 0 Å². The monoisotopic (exact) mass is 358 g/mol. The second-order valence-electron chi connectivity index (χ2n) is 5.01. The minimum Gasteiger partial charge on any atom is -0.294 e. The van der Waals surface area contributed by atoms with E-state index in [-0.39, 0.29) is 43.4 Å². The standard InChI is InChI=1S/C16H23O7P/c1-3-21-24(20,22-4-2)23-11-7-5-6-8-15(18)14-12-13(17)9-10-16(14)19/h9-10,12H,3-8,11H2,1-2H3. The van der Waals surface area contributed by atoms with E-state index in [1.807, 2.05) is 0 Å². The van der Waals surface area contributed by atoms with Crippen LogP contribution >= 0.6 is 7.82 Å². The van der Waals surface area contributed by atoms with Crippen LogP contribution in [0.2, 0.25) is 0 Å². The molecule has 24 heavy (non-hydrogen) atoms. The normalized spacial score (nSPS) is 14.8. The molecule has 0 N–H and O–H groups in total. The third-order valence-electron chi connectivity index (χ3n) is 3.12. The minimum absolute atomic E-state index is 0.0593. The zero-order chi connectivity index (χ0) is 18.0. The Balaban J connectivity index is 2.26. The summed E-state index contributed by atoms with van der Waals surface area (Å²) in [7, 11) is -3.49. The number of hydrogen-bond donors (Lipinski definition) is 0. The van der Waals surface area contributed by atoms with Gasteiger partial charge >= 0.3 is 7.82 Å². The van der Waals surface area contributed by atoms with Gasteiger partial charge in [0, 0.05) is 12.5 Å². The SMILES string of the molecule is CCOP(=O)(OCC)OCCCCCC(=O)C1=CC(=O)C=CC1=O. The number of allylic oxidation sites excluding steroid dienone is 4. The Hall–Kier alpha value is -1.40. The smallest absolute Gasteiger partial charge is 0.294 e. The molecule has 0 aromatic heterocycles. The van der Waals surface area contributed by atoms with E-state index in [9.17, 15) is 18.9 Å². The van der Waals surface area contributed by atoms with Crippen molar-refractivity contribution in [1.82, 2.24) is 0 Å². The second-order valence-corrected chi connectivity index (χ2v) is 6.68. The molecule has 1 rings (SSSR count). The fourth-order valence-corrected chi connectivity index (χ4v) is 3.24. The maximum atomic E-state index is 12.0. The van der Waals surface area contributed by atoms with Crippen molar-refractivity contribution in [3.63, 3.8) is 0 Å². The van der Waals surface area contributed by atoms with Crippen LogP contribution in [0, 0.1) is 0 Å². The molecule has 134 valence electrons. The van der Waals surface area contributed by atoms with Gasteiger partial charge in [0.05, 0.1) is 25.4 Å². The summed E-state index contributed by atoms with van der Waals surface area (Å²) < 4.78 is 27.2. The third-order valence-corrected chi connectivity index (χ3v) is 4.77. The number of phosphoric acid groups is 1. The largest absolute Gasteiger partial charge is 0.474 e. The molecule has 0 fully saturated rings. The molecule has 1 aliphatic rings. The van der Waals surface area contributed by atoms with Crippen molar-refractivity contribution < 1.29 is 32.5 Å². The van der Waals surface area contributed by atoms with Crippen LogP contribution in [0.5, 0.6) is 0 Å². The van der Waals surface area contributed by atoms with Crippen molar-refractivity contribution in [3.05, 3.63) is 23.8 Å². The summed E-state index contributed by atoms with van der Waals surface area (Å²) in [4.78, 5) is 34.7. The first-order chi connectivity index (χ1) is 11.4.